The van der Waals surface area contributed by atoms with E-state index in [1.165, 1.54) is 11.5 Å². The van der Waals surface area contributed by atoms with Crippen LogP contribution in [0.5, 0.6) is 0 Å². The molecule has 11 heavy (non-hydrogen) atoms. The highest BCUT2D eigenvalue weighted by molar-refractivity contribution is 7.10. The number of rotatable bonds is 1. The summed E-state index contributed by atoms with van der Waals surface area (Å²) in [6.07, 6.45) is 0. The van der Waals surface area contributed by atoms with Crippen molar-refractivity contribution in [1.29, 1.82) is 5.26 Å². The van der Waals surface area contributed by atoms with Gasteiger partial charge in [0.15, 0.2) is 5.82 Å². The van der Waals surface area contributed by atoms with Crippen LogP contribution in [0, 0.1) is 11.3 Å². The van der Waals surface area contributed by atoms with Crippen LogP contribution >= 0.6 is 11.5 Å². The molecule has 0 amide bonds. The summed E-state index contributed by atoms with van der Waals surface area (Å²) in [6, 6.07) is 2.01. The van der Waals surface area contributed by atoms with Crippen LogP contribution in [0.4, 0.5) is 10.8 Å². The van der Waals surface area contributed by atoms with Gasteiger partial charge in [0.1, 0.15) is 16.6 Å². The van der Waals surface area contributed by atoms with Gasteiger partial charge in [0.25, 0.3) is 0 Å². The predicted octanol–water partition coefficient (Wildman–Crippen LogP) is 0.663. The van der Waals surface area contributed by atoms with Crippen LogP contribution in [0.15, 0.2) is 0 Å². The van der Waals surface area contributed by atoms with E-state index in [1.54, 1.807) is 0 Å². The van der Waals surface area contributed by atoms with Gasteiger partial charge in [-0.15, -0.1) is 0 Å². The molecule has 58 valence electrons. The lowest BCUT2D eigenvalue weighted by Gasteiger charge is -2.07. The summed E-state index contributed by atoms with van der Waals surface area (Å²) in [4.78, 5) is 1.83. The fourth-order valence-corrected chi connectivity index (χ4v) is 1.38. The maximum absolute atomic E-state index is 8.65. The lowest BCUT2D eigenvalue weighted by molar-refractivity contribution is 1.15. The number of hydrogen-bond donors (Lipinski definition) is 1. The van der Waals surface area contributed by atoms with E-state index < -0.39 is 0 Å². The topological polar surface area (TPSA) is 65.9 Å². The van der Waals surface area contributed by atoms with Gasteiger partial charge in [0.05, 0.1) is 0 Å². The third-order valence-corrected chi connectivity index (χ3v) is 2.25. The Hall–Kier alpha value is -1.28. The highest BCUT2D eigenvalue weighted by atomic mass is 32.1. The number of nitrogens with two attached hydrogens (primary N) is 1. The van der Waals surface area contributed by atoms with Crippen LogP contribution in [-0.4, -0.2) is 18.5 Å². The quantitative estimate of drug-likeness (QED) is 0.669. The highest BCUT2D eigenvalue weighted by Crippen LogP contribution is 2.27. The summed E-state index contributed by atoms with van der Waals surface area (Å²) >= 11 is 1.24. The Kier molecular flexibility index (Phi) is 1.96. The molecule has 0 unspecified atom stereocenters. The minimum atomic E-state index is 0.321. The predicted molar refractivity (Wildman–Crippen MR) is 45.6 cm³/mol. The van der Waals surface area contributed by atoms with Crippen molar-refractivity contribution in [2.24, 2.45) is 0 Å². The first kappa shape index (κ1) is 7.82. The van der Waals surface area contributed by atoms with Crippen LogP contribution < -0.4 is 10.6 Å². The summed E-state index contributed by atoms with van der Waals surface area (Å²) in [6.45, 7) is 0. The van der Waals surface area contributed by atoms with E-state index in [4.69, 9.17) is 11.0 Å². The van der Waals surface area contributed by atoms with Crippen LogP contribution in [0.1, 0.15) is 5.56 Å². The van der Waals surface area contributed by atoms with E-state index in [2.05, 4.69) is 4.37 Å². The Morgan fingerprint density at radius 2 is 2.27 bits per heavy atom. The number of anilines is 2. The summed E-state index contributed by atoms with van der Waals surface area (Å²) in [5, 5.41) is 9.46. The van der Waals surface area contributed by atoms with Crippen molar-refractivity contribution in [3.63, 3.8) is 0 Å². The fraction of sp³-hybridized carbons (Fsp3) is 0.333. The zero-order chi connectivity index (χ0) is 8.43. The number of hydrogen-bond acceptors (Lipinski definition) is 5. The smallest absolute Gasteiger partial charge is 0.157 e. The van der Waals surface area contributed by atoms with Crippen LogP contribution in [0.2, 0.25) is 0 Å². The van der Waals surface area contributed by atoms with Gasteiger partial charge in [-0.05, 0) is 11.5 Å². The second kappa shape index (κ2) is 2.76. The third kappa shape index (κ3) is 1.25. The first-order chi connectivity index (χ1) is 5.16. The number of nitrogen functional groups attached to an aromatic ring is 1. The first-order valence-corrected chi connectivity index (χ1v) is 3.76. The number of aromatic nitrogens is 1. The molecule has 1 heterocycles. The molecule has 0 aliphatic carbocycles. The van der Waals surface area contributed by atoms with Crippen LogP contribution in [0.3, 0.4) is 0 Å². The first-order valence-electron chi connectivity index (χ1n) is 2.99. The molecule has 5 heteroatoms. The third-order valence-electron chi connectivity index (χ3n) is 1.22. The second-order valence-electron chi connectivity index (χ2n) is 2.25. The van der Waals surface area contributed by atoms with Crippen molar-refractivity contribution < 1.29 is 0 Å². The summed E-state index contributed by atoms with van der Waals surface area (Å²) in [5.74, 6) is 0.321. The molecule has 0 radical (unpaired) electrons. The molecule has 1 rings (SSSR count). The van der Waals surface area contributed by atoms with E-state index in [9.17, 15) is 0 Å². The van der Waals surface area contributed by atoms with Crippen molar-refractivity contribution in [1.82, 2.24) is 4.37 Å². The van der Waals surface area contributed by atoms with Crippen molar-refractivity contribution in [3.8, 4) is 6.07 Å². The van der Waals surface area contributed by atoms with Crippen molar-refractivity contribution in [2.45, 2.75) is 0 Å². The maximum atomic E-state index is 8.65. The van der Waals surface area contributed by atoms with Gasteiger partial charge in [0.2, 0.25) is 0 Å². The van der Waals surface area contributed by atoms with Crippen LogP contribution in [0.25, 0.3) is 0 Å². The minimum absolute atomic E-state index is 0.321. The fourth-order valence-electron chi connectivity index (χ4n) is 0.704. The normalized spacial score (nSPS) is 9.18. The minimum Gasteiger partial charge on any atom is -0.382 e. The van der Waals surface area contributed by atoms with Crippen molar-refractivity contribution in [3.05, 3.63) is 5.56 Å². The Morgan fingerprint density at radius 3 is 2.64 bits per heavy atom. The molecule has 0 aliphatic rings. The van der Waals surface area contributed by atoms with Crippen molar-refractivity contribution >= 4 is 22.4 Å². The van der Waals surface area contributed by atoms with Gasteiger partial charge in [-0.3, -0.25) is 0 Å². The molecule has 0 aromatic carbocycles. The van der Waals surface area contributed by atoms with Gasteiger partial charge < -0.3 is 10.6 Å². The monoisotopic (exact) mass is 168 g/mol. The molecule has 0 atom stereocenters. The lowest BCUT2D eigenvalue weighted by atomic mass is 10.3. The Balaban J connectivity index is 3.19. The Labute approximate surface area is 69.0 Å². The standard InChI is InChI=1S/C6H8N4S/c1-10(2)6-4(3-7)5(8)9-11-6/h1-2H3,(H2,8,9). The molecular formula is C6H8N4S. The maximum Gasteiger partial charge on any atom is 0.157 e. The molecule has 0 spiro atoms. The Bertz CT molecular complexity index is 296. The molecule has 0 saturated heterocycles. The summed E-state index contributed by atoms with van der Waals surface area (Å²) in [7, 11) is 3.71. The van der Waals surface area contributed by atoms with Gasteiger partial charge in [-0.25, -0.2) is 0 Å². The highest BCUT2D eigenvalue weighted by Gasteiger charge is 2.11. The van der Waals surface area contributed by atoms with E-state index >= 15 is 0 Å². The molecule has 0 bridgehead atoms. The SMILES string of the molecule is CN(C)c1snc(N)c1C#N. The van der Waals surface area contributed by atoms with E-state index in [-0.39, 0.29) is 0 Å². The molecule has 0 fully saturated rings. The average molecular weight is 168 g/mol. The average Bonchev–Trinajstić information content (AvgIpc) is 2.30. The molecule has 4 nitrogen and oxygen atoms in total. The zero-order valence-electron chi connectivity index (χ0n) is 6.33. The van der Waals surface area contributed by atoms with Gasteiger partial charge in [-0.1, -0.05) is 0 Å². The van der Waals surface area contributed by atoms with Gasteiger partial charge >= 0.3 is 0 Å². The molecule has 1 aromatic rings. The van der Waals surface area contributed by atoms with Crippen LogP contribution in [-0.2, 0) is 0 Å². The lowest BCUT2D eigenvalue weighted by Crippen LogP contribution is -2.08. The summed E-state index contributed by atoms with van der Waals surface area (Å²) < 4.78 is 3.86. The molecule has 0 saturated carbocycles. The summed E-state index contributed by atoms with van der Waals surface area (Å²) in [5.41, 5.74) is 5.91. The van der Waals surface area contributed by atoms with Gasteiger partial charge in [-0.2, -0.15) is 9.64 Å². The molecule has 0 aliphatic heterocycles. The molecule has 2 N–H and O–H groups in total. The van der Waals surface area contributed by atoms with Crippen molar-refractivity contribution in [2.75, 3.05) is 24.7 Å². The number of nitriles is 1. The zero-order valence-corrected chi connectivity index (χ0v) is 7.14. The van der Waals surface area contributed by atoms with E-state index in [0.29, 0.717) is 11.4 Å². The van der Waals surface area contributed by atoms with Gasteiger partial charge in [0, 0.05) is 14.1 Å². The number of nitrogens with zero attached hydrogens (tertiary/aromatic N) is 3. The molecule has 1 aromatic heterocycles. The second-order valence-corrected chi connectivity index (χ2v) is 3.01. The Morgan fingerprint density at radius 1 is 1.64 bits per heavy atom. The largest absolute Gasteiger partial charge is 0.382 e. The van der Waals surface area contributed by atoms with E-state index in [1.807, 2.05) is 25.1 Å². The molecular weight excluding hydrogens is 160 g/mol. The van der Waals surface area contributed by atoms with E-state index in [0.717, 1.165) is 5.00 Å².